The molecule has 8 heteroatoms. The van der Waals surface area contributed by atoms with Gasteiger partial charge in [-0.15, -0.1) is 0 Å². The molecule has 3 rings (SSSR count). The van der Waals surface area contributed by atoms with Crippen molar-refractivity contribution in [1.82, 2.24) is 15.0 Å². The van der Waals surface area contributed by atoms with Gasteiger partial charge < -0.3 is 20.5 Å². The summed E-state index contributed by atoms with van der Waals surface area (Å²) >= 11 is 0. The van der Waals surface area contributed by atoms with E-state index in [-0.39, 0.29) is 0 Å². The van der Waals surface area contributed by atoms with Crippen molar-refractivity contribution < 1.29 is 9.53 Å². The van der Waals surface area contributed by atoms with Crippen molar-refractivity contribution in [3.63, 3.8) is 0 Å². The molecular weight excluding hydrogens is 332 g/mol. The molecule has 1 aromatic carbocycles. The van der Waals surface area contributed by atoms with Gasteiger partial charge in [0.1, 0.15) is 0 Å². The molecule has 0 saturated carbocycles. The van der Waals surface area contributed by atoms with E-state index in [1.165, 1.54) is 5.01 Å². The molecule has 0 bridgehead atoms. The molecule has 8 nitrogen and oxygen atoms in total. The van der Waals surface area contributed by atoms with E-state index in [0.717, 1.165) is 27.5 Å². The number of pyridine rings is 1. The number of nitrogens with two attached hydrogens (primary N) is 2. The molecule has 1 amide bonds. The average Bonchev–Trinajstić information content (AvgIpc) is 2.91. The highest BCUT2D eigenvalue weighted by molar-refractivity contribution is 6.06. The van der Waals surface area contributed by atoms with Gasteiger partial charge in [-0.05, 0) is 38.1 Å². The van der Waals surface area contributed by atoms with Crippen molar-refractivity contribution in [3.8, 4) is 0 Å². The maximum Gasteiger partial charge on any atom is 0.411 e. The Hall–Kier alpha value is -3.26. The number of allylic oxidation sites excluding steroid dienone is 1. The van der Waals surface area contributed by atoms with Crippen molar-refractivity contribution in [2.45, 2.75) is 13.8 Å². The average molecular weight is 354 g/mol. The van der Waals surface area contributed by atoms with Gasteiger partial charge in [0.05, 0.1) is 28.9 Å². The summed E-state index contributed by atoms with van der Waals surface area (Å²) in [6.45, 7) is 3.87. The summed E-state index contributed by atoms with van der Waals surface area (Å²) in [7, 11) is 1.73. The zero-order chi connectivity index (χ0) is 18.8. The number of aromatic nitrogens is 2. The van der Waals surface area contributed by atoms with Crippen LogP contribution in [0.3, 0.4) is 0 Å². The van der Waals surface area contributed by atoms with Gasteiger partial charge in [-0.1, -0.05) is 0 Å². The Bertz CT molecular complexity index is 1000. The molecular formula is C18H22N6O2. The van der Waals surface area contributed by atoms with Crippen molar-refractivity contribution in [2.24, 2.45) is 11.6 Å². The lowest BCUT2D eigenvalue weighted by atomic mass is 10.1. The first-order chi connectivity index (χ1) is 12.4. The normalized spacial score (nSPS) is 12.2. The van der Waals surface area contributed by atoms with E-state index < -0.39 is 6.09 Å². The fourth-order valence-electron chi connectivity index (χ4n) is 2.98. The number of fused-ring (bicyclic) bond motifs is 3. The lowest BCUT2D eigenvalue weighted by molar-refractivity contribution is 0.168. The quantitative estimate of drug-likeness (QED) is 0.422. The summed E-state index contributed by atoms with van der Waals surface area (Å²) in [5.74, 6) is 5.89. The van der Waals surface area contributed by atoms with Crippen LogP contribution in [-0.2, 0) is 4.74 Å². The van der Waals surface area contributed by atoms with Crippen LogP contribution in [0, 0.1) is 0 Å². The third kappa shape index (κ3) is 3.27. The third-order valence-electron chi connectivity index (χ3n) is 3.95. The van der Waals surface area contributed by atoms with Gasteiger partial charge in [-0.3, -0.25) is 10.3 Å². The minimum atomic E-state index is -0.484. The molecule has 3 aromatic rings. The van der Waals surface area contributed by atoms with Crippen LogP contribution in [0.4, 0.5) is 10.5 Å². The Balaban J connectivity index is 2.04. The highest BCUT2D eigenvalue weighted by Crippen LogP contribution is 2.28. The second-order valence-electron chi connectivity index (χ2n) is 5.99. The number of hydrogen-bond acceptors (Lipinski definition) is 6. The van der Waals surface area contributed by atoms with Crippen LogP contribution >= 0.6 is 0 Å². The predicted octanol–water partition coefficient (Wildman–Crippen LogP) is 2.74. The van der Waals surface area contributed by atoms with Crippen molar-refractivity contribution >= 4 is 39.4 Å². The molecule has 0 fully saturated rings. The van der Waals surface area contributed by atoms with E-state index in [4.69, 9.17) is 16.3 Å². The first kappa shape index (κ1) is 17.6. The van der Waals surface area contributed by atoms with Crippen molar-refractivity contribution in [1.29, 1.82) is 0 Å². The lowest BCUT2D eigenvalue weighted by Crippen LogP contribution is -2.26. The van der Waals surface area contributed by atoms with Crippen LogP contribution in [0.25, 0.3) is 27.6 Å². The maximum absolute atomic E-state index is 11.6. The van der Waals surface area contributed by atoms with E-state index in [0.29, 0.717) is 23.7 Å². The zero-order valence-corrected chi connectivity index (χ0v) is 15.0. The van der Waals surface area contributed by atoms with Crippen LogP contribution in [-0.4, -0.2) is 34.7 Å². The molecule has 26 heavy (non-hydrogen) atoms. The number of nitrogens with zero attached hydrogens (tertiary/aromatic N) is 2. The second kappa shape index (κ2) is 6.93. The molecule has 0 aliphatic rings. The van der Waals surface area contributed by atoms with Gasteiger partial charge in [-0.2, -0.15) is 0 Å². The Labute approximate surface area is 150 Å². The summed E-state index contributed by atoms with van der Waals surface area (Å²) in [6, 6.07) is 7.51. The number of nitrogens with one attached hydrogen (secondary N) is 2. The van der Waals surface area contributed by atoms with Crippen LogP contribution in [0.1, 0.15) is 19.4 Å². The minimum absolute atomic E-state index is 0.319. The number of carbonyl (C=O) groups excluding carboxylic acids is 1. The molecule has 2 heterocycles. The van der Waals surface area contributed by atoms with E-state index in [1.54, 1.807) is 27.1 Å². The number of benzene rings is 1. The SMILES string of the molecule is CCOC(=O)Nc1ccc2c(c1)[nH]c1cc(/C(=C(\C)N)N(C)N)cnc12. The smallest absolute Gasteiger partial charge is 0.411 e. The number of amides is 1. The molecule has 0 radical (unpaired) electrons. The number of H-pyrrole nitrogens is 1. The largest absolute Gasteiger partial charge is 0.450 e. The standard InChI is InChI=1S/C18H22N6O2/c1-4-26-18(25)22-12-5-6-13-14(8-12)23-15-7-11(9-21-16(13)15)17(10(2)19)24(3)20/h5-9,23H,4,19-20H2,1-3H3,(H,22,25)/b17-10-. The van der Waals surface area contributed by atoms with Crippen LogP contribution < -0.4 is 16.9 Å². The number of anilines is 1. The van der Waals surface area contributed by atoms with Crippen molar-refractivity contribution in [3.05, 3.63) is 41.7 Å². The molecule has 2 aromatic heterocycles. The monoisotopic (exact) mass is 354 g/mol. The van der Waals surface area contributed by atoms with Gasteiger partial charge in [-0.25, -0.2) is 10.6 Å². The summed E-state index contributed by atoms with van der Waals surface area (Å²) in [5.41, 5.74) is 11.3. The fourth-order valence-corrected chi connectivity index (χ4v) is 2.98. The van der Waals surface area contributed by atoms with Crippen LogP contribution in [0.2, 0.25) is 0 Å². The molecule has 0 spiro atoms. The number of hydrogen-bond donors (Lipinski definition) is 4. The lowest BCUT2D eigenvalue weighted by Gasteiger charge is -2.18. The number of aromatic amines is 1. The topological polar surface area (TPSA) is 122 Å². The van der Waals surface area contributed by atoms with Gasteiger partial charge in [0.25, 0.3) is 0 Å². The van der Waals surface area contributed by atoms with Crippen LogP contribution in [0.15, 0.2) is 36.2 Å². The Morgan fingerprint density at radius 3 is 2.77 bits per heavy atom. The van der Waals surface area contributed by atoms with Crippen molar-refractivity contribution in [2.75, 3.05) is 19.0 Å². The van der Waals surface area contributed by atoms with Gasteiger partial charge in [0.15, 0.2) is 0 Å². The summed E-state index contributed by atoms with van der Waals surface area (Å²) < 4.78 is 4.90. The van der Waals surface area contributed by atoms with E-state index in [1.807, 2.05) is 24.3 Å². The maximum atomic E-state index is 11.6. The molecule has 0 unspecified atom stereocenters. The zero-order valence-electron chi connectivity index (χ0n) is 15.0. The molecule has 6 N–H and O–H groups in total. The summed E-state index contributed by atoms with van der Waals surface area (Å²) in [4.78, 5) is 19.5. The Kier molecular flexibility index (Phi) is 4.68. The van der Waals surface area contributed by atoms with E-state index in [9.17, 15) is 4.79 Å². The number of rotatable bonds is 4. The molecule has 0 saturated heterocycles. The molecule has 0 atom stereocenters. The highest BCUT2D eigenvalue weighted by atomic mass is 16.5. The molecule has 136 valence electrons. The first-order valence-electron chi connectivity index (χ1n) is 8.21. The first-order valence-corrected chi connectivity index (χ1v) is 8.21. The highest BCUT2D eigenvalue weighted by Gasteiger charge is 2.12. The number of ether oxygens (including phenoxy) is 1. The summed E-state index contributed by atoms with van der Waals surface area (Å²) in [5, 5.41) is 5.12. The summed E-state index contributed by atoms with van der Waals surface area (Å²) in [6.07, 6.45) is 1.26. The molecule has 0 aliphatic carbocycles. The van der Waals surface area contributed by atoms with E-state index >= 15 is 0 Å². The second-order valence-corrected chi connectivity index (χ2v) is 5.99. The number of hydrazine groups is 1. The third-order valence-corrected chi connectivity index (χ3v) is 3.95. The van der Waals surface area contributed by atoms with E-state index in [2.05, 4.69) is 15.3 Å². The van der Waals surface area contributed by atoms with Gasteiger partial charge in [0.2, 0.25) is 0 Å². The Morgan fingerprint density at radius 2 is 2.12 bits per heavy atom. The predicted molar refractivity (Wildman–Crippen MR) is 103 cm³/mol. The van der Waals surface area contributed by atoms with Gasteiger partial charge >= 0.3 is 6.09 Å². The molecule has 0 aliphatic heterocycles. The number of carbonyl (C=O) groups is 1. The minimum Gasteiger partial charge on any atom is -0.450 e. The fraction of sp³-hybridized carbons (Fsp3) is 0.222. The van der Waals surface area contributed by atoms with Crippen LogP contribution in [0.5, 0.6) is 0 Å². The Morgan fingerprint density at radius 1 is 1.35 bits per heavy atom. The van der Waals surface area contributed by atoms with Gasteiger partial charge in [0, 0.05) is 35.6 Å².